The Morgan fingerprint density at radius 2 is 1.66 bits per heavy atom. The quantitative estimate of drug-likeness (QED) is 0.0906. The Kier molecular flexibility index (Phi) is 9.04. The zero-order valence-corrected chi connectivity index (χ0v) is 22.6. The number of nitrogens with one attached hydrogen (secondary N) is 2. The average Bonchev–Trinajstić information content (AvgIpc) is 2.93. The molecule has 0 heterocycles. The number of amides is 2. The van der Waals surface area contributed by atoms with E-state index in [0.29, 0.717) is 29.0 Å². The molecule has 192 valence electrons. The van der Waals surface area contributed by atoms with E-state index in [1.54, 1.807) is 42.5 Å². The molecule has 0 saturated heterocycles. The van der Waals surface area contributed by atoms with Crippen LogP contribution in [0.4, 0.5) is 0 Å². The lowest BCUT2D eigenvalue weighted by Crippen LogP contribution is -2.35. The fourth-order valence-electron chi connectivity index (χ4n) is 3.62. The first kappa shape index (κ1) is 26.8. The van der Waals surface area contributed by atoms with Crippen LogP contribution in [0.3, 0.4) is 0 Å². The molecule has 8 nitrogen and oxygen atoms in total. The fourth-order valence-corrected chi connectivity index (χ4v) is 4.25. The smallest absolute Gasteiger partial charge is 0.343 e. The van der Waals surface area contributed by atoms with E-state index in [1.807, 2.05) is 49.4 Å². The Hall–Kier alpha value is -4.25. The van der Waals surface area contributed by atoms with Gasteiger partial charge in [-0.25, -0.2) is 10.2 Å². The lowest BCUT2D eigenvalue weighted by Gasteiger charge is -2.11. The van der Waals surface area contributed by atoms with Gasteiger partial charge in [-0.3, -0.25) is 9.59 Å². The molecule has 0 aliphatic carbocycles. The van der Waals surface area contributed by atoms with E-state index in [9.17, 15) is 14.4 Å². The second kappa shape index (κ2) is 12.8. The first-order chi connectivity index (χ1) is 18.5. The molecule has 2 N–H and O–H groups in total. The molecule has 0 fully saturated rings. The van der Waals surface area contributed by atoms with Gasteiger partial charge in [0, 0.05) is 9.13 Å². The summed E-state index contributed by atoms with van der Waals surface area (Å²) in [4.78, 5) is 37.5. The van der Waals surface area contributed by atoms with E-state index in [-0.39, 0.29) is 18.2 Å². The topological polar surface area (TPSA) is 106 Å². The van der Waals surface area contributed by atoms with E-state index in [0.717, 1.165) is 14.3 Å². The number of ether oxygens (including phenoxy) is 2. The van der Waals surface area contributed by atoms with Gasteiger partial charge < -0.3 is 14.8 Å². The van der Waals surface area contributed by atoms with Crippen LogP contribution in [0, 0.1) is 3.57 Å². The summed E-state index contributed by atoms with van der Waals surface area (Å²) in [5, 5.41) is 8.32. The number of hydrazone groups is 1. The van der Waals surface area contributed by atoms with Crippen LogP contribution in [-0.4, -0.2) is 37.1 Å². The lowest BCUT2D eigenvalue weighted by atomic mass is 10.0. The normalized spacial score (nSPS) is 10.8. The third-order valence-electron chi connectivity index (χ3n) is 5.45. The zero-order chi connectivity index (χ0) is 26.9. The van der Waals surface area contributed by atoms with E-state index in [1.165, 1.54) is 6.21 Å². The Balaban J connectivity index is 1.46. The maximum atomic E-state index is 12.8. The molecule has 0 spiro atoms. The van der Waals surface area contributed by atoms with Gasteiger partial charge in [0.1, 0.15) is 11.5 Å². The van der Waals surface area contributed by atoms with Crippen LogP contribution in [0.25, 0.3) is 10.8 Å². The highest BCUT2D eigenvalue weighted by atomic mass is 127. The summed E-state index contributed by atoms with van der Waals surface area (Å²) >= 11 is 2.06. The van der Waals surface area contributed by atoms with Crippen molar-refractivity contribution in [3.05, 3.63) is 105 Å². The number of esters is 1. The van der Waals surface area contributed by atoms with E-state index in [4.69, 9.17) is 9.47 Å². The van der Waals surface area contributed by atoms with Crippen molar-refractivity contribution in [3.8, 4) is 11.5 Å². The highest BCUT2D eigenvalue weighted by Gasteiger charge is 2.14. The van der Waals surface area contributed by atoms with Gasteiger partial charge in [-0.1, -0.05) is 42.5 Å². The van der Waals surface area contributed by atoms with Crippen LogP contribution < -0.4 is 20.2 Å². The van der Waals surface area contributed by atoms with Gasteiger partial charge in [0.25, 0.3) is 11.8 Å². The zero-order valence-electron chi connectivity index (χ0n) is 20.4. The molecular weight excluding hydrogens is 597 g/mol. The minimum atomic E-state index is -0.541. The summed E-state index contributed by atoms with van der Waals surface area (Å²) in [7, 11) is 0. The monoisotopic (exact) mass is 621 g/mol. The number of rotatable bonds is 9. The maximum Gasteiger partial charge on any atom is 0.343 e. The van der Waals surface area contributed by atoms with Gasteiger partial charge in [-0.2, -0.15) is 5.10 Å². The summed E-state index contributed by atoms with van der Waals surface area (Å²) in [5.74, 6) is -0.457. The number of carbonyl (C=O) groups is 3. The van der Waals surface area contributed by atoms with Crippen molar-refractivity contribution in [2.24, 2.45) is 5.10 Å². The standard InChI is InChI=1S/C29H24IN3O5/c1-2-37-21-14-11-20(12-15-21)29(36)38-26-16-13-19-7-3-4-8-22(19)24(26)17-32-33-27(34)18-31-28(35)23-9-5-6-10-25(23)30/h3-17H,2,18H2,1H3,(H,31,35)(H,33,34)/b32-17+. The van der Waals surface area contributed by atoms with Gasteiger partial charge in [-0.15, -0.1) is 0 Å². The molecular formula is C29H24IN3O5. The van der Waals surface area contributed by atoms with Gasteiger partial charge in [0.05, 0.1) is 30.5 Å². The molecule has 0 aromatic heterocycles. The van der Waals surface area contributed by atoms with Gasteiger partial charge >= 0.3 is 5.97 Å². The Labute approximate surface area is 233 Å². The molecule has 9 heteroatoms. The van der Waals surface area contributed by atoms with Crippen LogP contribution in [0.1, 0.15) is 33.2 Å². The van der Waals surface area contributed by atoms with Crippen LogP contribution in [0.15, 0.2) is 90.0 Å². The van der Waals surface area contributed by atoms with Crippen molar-refractivity contribution in [2.45, 2.75) is 6.92 Å². The second-order valence-corrected chi connectivity index (χ2v) is 9.16. The van der Waals surface area contributed by atoms with E-state index < -0.39 is 11.9 Å². The molecule has 4 aromatic rings. The number of halogens is 1. The first-order valence-electron chi connectivity index (χ1n) is 11.8. The largest absolute Gasteiger partial charge is 0.494 e. The van der Waals surface area contributed by atoms with Crippen LogP contribution in [-0.2, 0) is 4.79 Å². The molecule has 0 aliphatic heterocycles. The highest BCUT2D eigenvalue weighted by Crippen LogP contribution is 2.27. The first-order valence-corrected chi connectivity index (χ1v) is 12.9. The van der Waals surface area contributed by atoms with Crippen molar-refractivity contribution >= 4 is 57.4 Å². The summed E-state index contributed by atoms with van der Waals surface area (Å²) in [5.41, 5.74) is 3.77. The number of benzene rings is 4. The predicted molar refractivity (Wildman–Crippen MR) is 154 cm³/mol. The number of hydrogen-bond acceptors (Lipinski definition) is 6. The SMILES string of the molecule is CCOc1ccc(C(=O)Oc2ccc3ccccc3c2/C=N/NC(=O)CNC(=O)c2ccccc2I)cc1. The molecule has 0 saturated carbocycles. The van der Waals surface area contributed by atoms with Crippen molar-refractivity contribution < 1.29 is 23.9 Å². The number of hydrogen-bond donors (Lipinski definition) is 2. The number of carbonyl (C=O) groups excluding carboxylic acids is 3. The summed E-state index contributed by atoms with van der Waals surface area (Å²) < 4.78 is 11.9. The minimum Gasteiger partial charge on any atom is -0.494 e. The van der Waals surface area contributed by atoms with Crippen molar-refractivity contribution in [2.75, 3.05) is 13.2 Å². The maximum absolute atomic E-state index is 12.8. The van der Waals surface area contributed by atoms with Crippen molar-refractivity contribution in [3.63, 3.8) is 0 Å². The molecule has 0 unspecified atom stereocenters. The number of nitrogens with zero attached hydrogens (tertiary/aromatic N) is 1. The van der Waals surface area contributed by atoms with Crippen LogP contribution in [0.5, 0.6) is 11.5 Å². The van der Waals surface area contributed by atoms with Gasteiger partial charge in [0.2, 0.25) is 0 Å². The van der Waals surface area contributed by atoms with Crippen molar-refractivity contribution in [1.29, 1.82) is 0 Å². The molecule has 0 atom stereocenters. The summed E-state index contributed by atoms with van der Waals surface area (Å²) in [6, 6.07) is 24.8. The third kappa shape index (κ3) is 6.74. The molecule has 4 aromatic carbocycles. The highest BCUT2D eigenvalue weighted by molar-refractivity contribution is 14.1. The second-order valence-electron chi connectivity index (χ2n) is 8.00. The van der Waals surface area contributed by atoms with Crippen LogP contribution in [0.2, 0.25) is 0 Å². The molecule has 2 amide bonds. The Morgan fingerprint density at radius 3 is 2.42 bits per heavy atom. The van der Waals surface area contributed by atoms with Crippen LogP contribution >= 0.6 is 22.6 Å². The molecule has 0 bridgehead atoms. The predicted octanol–water partition coefficient (Wildman–Crippen LogP) is 4.94. The summed E-state index contributed by atoms with van der Waals surface area (Å²) in [6.45, 7) is 2.16. The van der Waals surface area contributed by atoms with Crippen molar-refractivity contribution in [1.82, 2.24) is 10.7 Å². The molecule has 0 radical (unpaired) electrons. The van der Waals surface area contributed by atoms with E-state index in [2.05, 4.69) is 38.4 Å². The Bertz CT molecular complexity index is 1500. The van der Waals surface area contributed by atoms with Gasteiger partial charge in [-0.05, 0) is 82.8 Å². The minimum absolute atomic E-state index is 0.254. The summed E-state index contributed by atoms with van der Waals surface area (Å²) in [6.07, 6.45) is 1.42. The molecule has 0 aliphatic rings. The molecule has 38 heavy (non-hydrogen) atoms. The van der Waals surface area contributed by atoms with E-state index >= 15 is 0 Å². The number of fused-ring (bicyclic) bond motifs is 1. The molecule has 4 rings (SSSR count). The van der Waals surface area contributed by atoms with Gasteiger partial charge in [0.15, 0.2) is 0 Å². The average molecular weight is 621 g/mol. The lowest BCUT2D eigenvalue weighted by molar-refractivity contribution is -0.120. The third-order valence-corrected chi connectivity index (χ3v) is 6.39. The fraction of sp³-hybridized carbons (Fsp3) is 0.103. The Morgan fingerprint density at radius 1 is 0.921 bits per heavy atom.